The van der Waals surface area contributed by atoms with Crippen LogP contribution in [-0.2, 0) is 32.6 Å². The number of hydrogen-bond donors (Lipinski definition) is 1. The number of halogens is 2. The molecule has 0 aliphatic rings. The molecule has 0 fully saturated rings. The summed E-state index contributed by atoms with van der Waals surface area (Å²) in [4.78, 5) is 29.6. The van der Waals surface area contributed by atoms with Crippen molar-refractivity contribution >= 4 is 61.7 Å². The van der Waals surface area contributed by atoms with Crippen LogP contribution in [-0.4, -0.2) is 43.8 Å². The first kappa shape index (κ1) is 32.5. The number of carbonyl (C=O) groups is 2. The minimum absolute atomic E-state index is 0.00738. The molecule has 0 saturated heterocycles. The summed E-state index contributed by atoms with van der Waals surface area (Å²) in [5, 5.41) is 3.39. The van der Waals surface area contributed by atoms with Crippen LogP contribution in [0.15, 0.2) is 114 Å². The number of nitrogens with one attached hydrogen (secondary N) is 1. The Balaban J connectivity index is 1.80. The Morgan fingerprint density at radius 1 is 0.837 bits per heavy atom. The van der Waals surface area contributed by atoms with Crippen molar-refractivity contribution < 1.29 is 18.0 Å². The van der Waals surface area contributed by atoms with E-state index in [-0.39, 0.29) is 29.8 Å². The highest BCUT2D eigenvalue weighted by atomic mass is 127. The van der Waals surface area contributed by atoms with Crippen molar-refractivity contribution in [1.29, 1.82) is 0 Å². The Morgan fingerprint density at radius 3 is 2.02 bits per heavy atom. The van der Waals surface area contributed by atoms with Gasteiger partial charge >= 0.3 is 0 Å². The first-order valence-electron chi connectivity index (χ1n) is 13.8. The summed E-state index contributed by atoms with van der Waals surface area (Å²) < 4.78 is 30.0. The molecule has 0 aliphatic heterocycles. The van der Waals surface area contributed by atoms with E-state index in [9.17, 15) is 18.0 Å². The molecule has 0 aromatic heterocycles. The quantitative estimate of drug-likeness (QED) is 0.174. The van der Waals surface area contributed by atoms with E-state index in [0.29, 0.717) is 16.3 Å². The maximum Gasteiger partial charge on any atom is 0.264 e. The number of rotatable bonds is 12. The van der Waals surface area contributed by atoms with Gasteiger partial charge in [-0.1, -0.05) is 78.3 Å². The van der Waals surface area contributed by atoms with Gasteiger partial charge in [-0.2, -0.15) is 0 Å². The fourth-order valence-electron chi connectivity index (χ4n) is 4.60. The summed E-state index contributed by atoms with van der Waals surface area (Å²) in [6.45, 7) is 3.18. The molecule has 0 bridgehead atoms. The Hall–Kier alpha value is -3.41. The second kappa shape index (κ2) is 14.9. The van der Waals surface area contributed by atoms with E-state index >= 15 is 0 Å². The van der Waals surface area contributed by atoms with Crippen LogP contribution in [0.3, 0.4) is 0 Å². The molecular formula is C33H33ClIN3O4S. The first-order valence-corrected chi connectivity index (χ1v) is 16.7. The fraction of sp³-hybridized carbons (Fsp3) is 0.212. The summed E-state index contributed by atoms with van der Waals surface area (Å²) in [5.74, 6) is -0.885. The number of carbonyl (C=O) groups excluding carboxylic acids is 2. The molecule has 224 valence electrons. The number of nitrogens with zero attached hydrogens (tertiary/aromatic N) is 2. The molecule has 7 nitrogen and oxygen atoms in total. The summed E-state index contributed by atoms with van der Waals surface area (Å²) in [6.07, 6.45) is 0.227. The molecule has 1 N–H and O–H groups in total. The third-order valence-corrected chi connectivity index (χ3v) is 9.60. The maximum atomic E-state index is 14.4. The lowest BCUT2D eigenvalue weighted by atomic mass is 10.0. The highest BCUT2D eigenvalue weighted by Gasteiger charge is 2.35. The molecule has 1 unspecified atom stereocenters. The van der Waals surface area contributed by atoms with Gasteiger partial charge in [0.2, 0.25) is 11.8 Å². The molecule has 0 radical (unpaired) electrons. The molecule has 43 heavy (non-hydrogen) atoms. The van der Waals surface area contributed by atoms with Crippen LogP contribution in [0, 0.1) is 3.57 Å². The molecule has 0 spiro atoms. The molecule has 0 heterocycles. The zero-order valence-electron chi connectivity index (χ0n) is 23.9. The maximum absolute atomic E-state index is 14.4. The van der Waals surface area contributed by atoms with Gasteiger partial charge in [0.15, 0.2) is 0 Å². The number of sulfonamides is 1. The van der Waals surface area contributed by atoms with Gasteiger partial charge in [0.1, 0.15) is 12.6 Å². The number of hydrogen-bond acceptors (Lipinski definition) is 4. The molecule has 4 rings (SSSR count). The Labute approximate surface area is 272 Å². The van der Waals surface area contributed by atoms with Crippen molar-refractivity contribution in [2.24, 2.45) is 0 Å². The van der Waals surface area contributed by atoms with E-state index in [2.05, 4.69) is 27.9 Å². The van der Waals surface area contributed by atoms with Crippen LogP contribution in [0.5, 0.6) is 0 Å². The zero-order valence-corrected chi connectivity index (χ0v) is 27.6. The molecule has 2 amide bonds. The van der Waals surface area contributed by atoms with Gasteiger partial charge in [-0.15, -0.1) is 0 Å². The Kier molecular flexibility index (Phi) is 11.2. The summed E-state index contributed by atoms with van der Waals surface area (Å²) in [7, 11) is -4.14. The number of amides is 2. The van der Waals surface area contributed by atoms with Gasteiger partial charge in [-0.05, 0) is 90.0 Å². The van der Waals surface area contributed by atoms with Crippen molar-refractivity contribution in [3.63, 3.8) is 0 Å². The second-order valence-corrected chi connectivity index (χ2v) is 13.8. The van der Waals surface area contributed by atoms with Gasteiger partial charge in [-0.25, -0.2) is 8.42 Å². The molecule has 1 atom stereocenters. The summed E-state index contributed by atoms with van der Waals surface area (Å²) >= 11 is 8.66. The third kappa shape index (κ3) is 8.58. The average molecular weight is 730 g/mol. The lowest BCUT2D eigenvalue weighted by Crippen LogP contribution is -2.54. The minimum Gasteiger partial charge on any atom is -0.352 e. The SMILES string of the molecule is CC(C)NC(=O)C(Cc1ccccc1)N(Cc1ccccc1Cl)C(=O)CN(c1ccc(I)cc1)S(=O)(=O)c1ccccc1. The van der Waals surface area contributed by atoms with Crippen molar-refractivity contribution in [3.05, 3.63) is 129 Å². The summed E-state index contributed by atoms with van der Waals surface area (Å²) in [5.41, 5.74) is 1.83. The molecule has 0 saturated carbocycles. The van der Waals surface area contributed by atoms with Crippen LogP contribution in [0.2, 0.25) is 5.02 Å². The van der Waals surface area contributed by atoms with Crippen molar-refractivity contribution in [1.82, 2.24) is 10.2 Å². The van der Waals surface area contributed by atoms with E-state index < -0.39 is 28.5 Å². The molecule has 10 heteroatoms. The van der Waals surface area contributed by atoms with E-state index in [1.807, 2.05) is 50.2 Å². The lowest BCUT2D eigenvalue weighted by Gasteiger charge is -2.34. The van der Waals surface area contributed by atoms with Gasteiger partial charge in [0, 0.05) is 27.6 Å². The van der Waals surface area contributed by atoms with Crippen LogP contribution in [0.25, 0.3) is 0 Å². The molecular weight excluding hydrogens is 697 g/mol. The van der Waals surface area contributed by atoms with Crippen molar-refractivity contribution in [2.45, 2.75) is 43.8 Å². The van der Waals surface area contributed by atoms with E-state index in [0.717, 1.165) is 13.4 Å². The van der Waals surface area contributed by atoms with Gasteiger partial charge < -0.3 is 10.2 Å². The topological polar surface area (TPSA) is 86.8 Å². The van der Waals surface area contributed by atoms with Gasteiger partial charge in [0.25, 0.3) is 10.0 Å². The van der Waals surface area contributed by atoms with E-state index in [1.54, 1.807) is 60.7 Å². The fourth-order valence-corrected chi connectivity index (χ4v) is 6.59. The Morgan fingerprint density at radius 2 is 1.42 bits per heavy atom. The standard InChI is InChI=1S/C33H33ClIN3O4S/c1-24(2)36-33(40)31(21-25-11-5-3-6-12-25)37(22-26-13-9-10-16-30(26)34)32(39)23-38(28-19-17-27(35)18-20-28)43(41,42)29-14-7-4-8-15-29/h3-20,24,31H,21-23H2,1-2H3,(H,36,40). The largest absolute Gasteiger partial charge is 0.352 e. The number of anilines is 1. The van der Waals surface area contributed by atoms with Gasteiger partial charge in [0.05, 0.1) is 10.6 Å². The minimum atomic E-state index is -4.14. The zero-order chi connectivity index (χ0) is 31.0. The molecule has 0 aliphatic carbocycles. The normalized spacial score (nSPS) is 12.0. The lowest BCUT2D eigenvalue weighted by molar-refractivity contribution is -0.140. The smallest absolute Gasteiger partial charge is 0.264 e. The number of benzene rings is 4. The van der Waals surface area contributed by atoms with Crippen LogP contribution in [0.1, 0.15) is 25.0 Å². The van der Waals surface area contributed by atoms with E-state index in [4.69, 9.17) is 11.6 Å². The van der Waals surface area contributed by atoms with Crippen molar-refractivity contribution in [3.8, 4) is 0 Å². The highest BCUT2D eigenvalue weighted by Crippen LogP contribution is 2.26. The highest BCUT2D eigenvalue weighted by molar-refractivity contribution is 14.1. The summed E-state index contributed by atoms with van der Waals surface area (Å²) in [6, 6.07) is 30.3. The monoisotopic (exact) mass is 729 g/mol. The Bertz CT molecular complexity index is 1640. The molecule has 4 aromatic carbocycles. The predicted octanol–water partition coefficient (Wildman–Crippen LogP) is 6.30. The van der Waals surface area contributed by atoms with Crippen LogP contribution < -0.4 is 9.62 Å². The molecule has 4 aromatic rings. The predicted molar refractivity (Wildman–Crippen MR) is 179 cm³/mol. The van der Waals surface area contributed by atoms with E-state index in [1.165, 1.54) is 17.0 Å². The van der Waals surface area contributed by atoms with Crippen molar-refractivity contribution in [2.75, 3.05) is 10.8 Å². The third-order valence-electron chi connectivity index (χ3n) is 6.73. The second-order valence-electron chi connectivity index (χ2n) is 10.3. The van der Waals surface area contributed by atoms with Gasteiger partial charge in [-0.3, -0.25) is 13.9 Å². The average Bonchev–Trinajstić information content (AvgIpc) is 2.99. The first-order chi connectivity index (χ1) is 20.6. The van der Waals surface area contributed by atoms with Crippen LogP contribution >= 0.6 is 34.2 Å². The van der Waals surface area contributed by atoms with Crippen LogP contribution in [0.4, 0.5) is 5.69 Å².